The summed E-state index contributed by atoms with van der Waals surface area (Å²) in [7, 11) is 0. The normalized spacial score (nSPS) is 35.2. The van der Waals surface area contributed by atoms with Gasteiger partial charge < -0.3 is 10.0 Å². The highest BCUT2D eigenvalue weighted by molar-refractivity contribution is 5.87. The van der Waals surface area contributed by atoms with Crippen LogP contribution in [0.5, 0.6) is 0 Å². The molecule has 2 saturated carbocycles. The highest BCUT2D eigenvalue weighted by Crippen LogP contribution is 2.52. The number of carboxylic acids is 1. The molecule has 4 aliphatic rings. The summed E-state index contributed by atoms with van der Waals surface area (Å²) < 4.78 is 0. The van der Waals surface area contributed by atoms with Crippen LogP contribution in [0.1, 0.15) is 62.5 Å². The van der Waals surface area contributed by atoms with Gasteiger partial charge >= 0.3 is 5.97 Å². The summed E-state index contributed by atoms with van der Waals surface area (Å²) in [4.78, 5) is 28.1. The molecular formula is C24H29NO3. The van der Waals surface area contributed by atoms with Crippen LogP contribution in [0.15, 0.2) is 36.4 Å². The molecule has 1 aromatic carbocycles. The number of amides is 1. The van der Waals surface area contributed by atoms with Gasteiger partial charge in [0.05, 0.1) is 11.8 Å². The first kappa shape index (κ1) is 18.0. The van der Waals surface area contributed by atoms with Gasteiger partial charge in [-0.05, 0) is 54.6 Å². The van der Waals surface area contributed by atoms with Crippen LogP contribution in [-0.4, -0.2) is 27.4 Å². The van der Waals surface area contributed by atoms with Crippen LogP contribution in [0.25, 0.3) is 0 Å². The standard InChI is InChI=1S/C24H29NO3/c1-15-13-24(10-4-5-11-24)25(14-18-6-2-3-7-19(15)18)22(26)20-16-8-9-17(12-16)21(20)23(27)28/h2-3,6-9,15-17,20-21H,4-5,10-14H2,1H3,(H,27,28)/t15-,16-,17+,20+,21-/m1/s1. The average Bonchev–Trinajstić information content (AvgIpc) is 3.40. The average molecular weight is 380 g/mol. The first-order valence-electron chi connectivity index (χ1n) is 10.8. The van der Waals surface area contributed by atoms with E-state index >= 15 is 0 Å². The maximum Gasteiger partial charge on any atom is 0.307 e. The van der Waals surface area contributed by atoms with Gasteiger partial charge in [0.25, 0.3) is 0 Å². The van der Waals surface area contributed by atoms with E-state index in [1.54, 1.807) is 0 Å². The Morgan fingerprint density at radius 2 is 1.75 bits per heavy atom. The fourth-order valence-electron chi connectivity index (χ4n) is 6.78. The molecular weight excluding hydrogens is 350 g/mol. The lowest BCUT2D eigenvalue weighted by Crippen LogP contribution is -2.53. The van der Waals surface area contributed by atoms with Crippen molar-refractivity contribution < 1.29 is 14.7 Å². The van der Waals surface area contributed by atoms with Crippen molar-refractivity contribution >= 4 is 11.9 Å². The van der Waals surface area contributed by atoms with E-state index in [1.165, 1.54) is 11.1 Å². The Labute approximate surface area is 166 Å². The van der Waals surface area contributed by atoms with Gasteiger partial charge in [0, 0.05) is 12.1 Å². The molecule has 3 aliphatic carbocycles. The fourth-order valence-corrected chi connectivity index (χ4v) is 6.78. The summed E-state index contributed by atoms with van der Waals surface area (Å²) in [5.74, 6) is -1.14. The molecule has 2 fully saturated rings. The molecule has 148 valence electrons. The second-order valence-electron chi connectivity index (χ2n) is 9.50. The van der Waals surface area contributed by atoms with Gasteiger partial charge in [0.15, 0.2) is 0 Å². The Hall–Kier alpha value is -2.10. The Balaban J connectivity index is 1.55. The zero-order chi connectivity index (χ0) is 19.5. The van der Waals surface area contributed by atoms with Crippen molar-refractivity contribution in [2.75, 3.05) is 0 Å². The molecule has 0 radical (unpaired) electrons. The Morgan fingerprint density at radius 1 is 1.07 bits per heavy atom. The number of nitrogens with zero attached hydrogens (tertiary/aromatic N) is 1. The molecule has 28 heavy (non-hydrogen) atoms. The van der Waals surface area contributed by atoms with Crippen LogP contribution >= 0.6 is 0 Å². The molecule has 4 heteroatoms. The molecule has 1 heterocycles. The van der Waals surface area contributed by atoms with E-state index < -0.39 is 17.8 Å². The quantitative estimate of drug-likeness (QED) is 0.777. The zero-order valence-electron chi connectivity index (χ0n) is 16.5. The molecule has 1 aromatic rings. The summed E-state index contributed by atoms with van der Waals surface area (Å²) in [6, 6.07) is 8.50. The highest BCUT2D eigenvalue weighted by atomic mass is 16.4. The summed E-state index contributed by atoms with van der Waals surface area (Å²) in [5.41, 5.74) is 2.48. The monoisotopic (exact) mass is 379 g/mol. The number of benzene rings is 1. The lowest BCUT2D eigenvalue weighted by molar-refractivity contribution is -0.154. The number of carbonyl (C=O) groups is 2. The third-order valence-electron chi connectivity index (χ3n) is 8.00. The minimum Gasteiger partial charge on any atom is -0.481 e. The van der Waals surface area contributed by atoms with Gasteiger partial charge in [-0.1, -0.05) is 56.2 Å². The molecule has 0 unspecified atom stereocenters. The lowest BCUT2D eigenvalue weighted by Gasteiger charge is -2.44. The van der Waals surface area contributed by atoms with Crippen molar-refractivity contribution in [2.45, 2.75) is 63.5 Å². The van der Waals surface area contributed by atoms with Crippen LogP contribution in [0.4, 0.5) is 0 Å². The van der Waals surface area contributed by atoms with E-state index in [1.807, 2.05) is 6.08 Å². The molecule has 1 N–H and O–H groups in total. The minimum atomic E-state index is -0.806. The topological polar surface area (TPSA) is 57.6 Å². The van der Waals surface area contributed by atoms with Crippen molar-refractivity contribution in [1.82, 2.24) is 4.90 Å². The van der Waals surface area contributed by atoms with Crippen LogP contribution in [0.3, 0.4) is 0 Å². The predicted octanol–water partition coefficient (Wildman–Crippen LogP) is 4.36. The molecule has 5 rings (SSSR count). The summed E-state index contributed by atoms with van der Waals surface area (Å²) in [6.45, 7) is 2.91. The maximum absolute atomic E-state index is 14.0. The number of hydrogen-bond donors (Lipinski definition) is 1. The second-order valence-corrected chi connectivity index (χ2v) is 9.50. The van der Waals surface area contributed by atoms with Crippen LogP contribution in [0.2, 0.25) is 0 Å². The molecule has 1 aliphatic heterocycles. The molecule has 1 amide bonds. The van der Waals surface area contributed by atoms with Gasteiger partial charge in [-0.25, -0.2) is 0 Å². The number of carbonyl (C=O) groups excluding carboxylic acids is 1. The van der Waals surface area contributed by atoms with Crippen LogP contribution in [0, 0.1) is 23.7 Å². The third kappa shape index (κ3) is 2.57. The van der Waals surface area contributed by atoms with Crippen molar-refractivity contribution in [3.8, 4) is 0 Å². The Bertz CT molecular complexity index is 838. The van der Waals surface area contributed by atoms with E-state index in [4.69, 9.17) is 0 Å². The largest absolute Gasteiger partial charge is 0.481 e. The van der Waals surface area contributed by atoms with Crippen molar-refractivity contribution in [1.29, 1.82) is 0 Å². The van der Waals surface area contributed by atoms with E-state index in [0.29, 0.717) is 12.5 Å². The van der Waals surface area contributed by atoms with Gasteiger partial charge in [-0.3, -0.25) is 9.59 Å². The molecule has 2 bridgehead atoms. The molecule has 1 spiro atoms. The van der Waals surface area contributed by atoms with Gasteiger partial charge in [-0.2, -0.15) is 0 Å². The number of aliphatic carboxylic acids is 1. The SMILES string of the molecule is C[C@@H]1CC2(CCCC2)N(C(=O)[C@@H]2[C@H](C(=O)O)[C@H]3C=C[C@@H]2C3)Cc2ccccc21. The fraction of sp³-hybridized carbons (Fsp3) is 0.583. The number of rotatable bonds is 2. The predicted molar refractivity (Wildman–Crippen MR) is 107 cm³/mol. The number of hydrogen-bond acceptors (Lipinski definition) is 2. The van der Waals surface area contributed by atoms with Crippen LogP contribution in [-0.2, 0) is 16.1 Å². The van der Waals surface area contributed by atoms with Crippen molar-refractivity contribution in [2.24, 2.45) is 23.7 Å². The lowest BCUT2D eigenvalue weighted by atomic mass is 9.79. The Kier molecular flexibility index (Phi) is 4.15. The summed E-state index contributed by atoms with van der Waals surface area (Å²) >= 11 is 0. The summed E-state index contributed by atoms with van der Waals surface area (Å²) in [5, 5.41) is 9.86. The van der Waals surface area contributed by atoms with E-state index in [-0.39, 0.29) is 23.3 Å². The second kappa shape index (κ2) is 6.47. The first-order chi connectivity index (χ1) is 13.5. The van der Waals surface area contributed by atoms with E-state index in [0.717, 1.165) is 38.5 Å². The molecule has 0 aromatic heterocycles. The smallest absolute Gasteiger partial charge is 0.307 e. The highest BCUT2D eigenvalue weighted by Gasteiger charge is 2.55. The molecule has 0 saturated heterocycles. The maximum atomic E-state index is 14.0. The zero-order valence-corrected chi connectivity index (χ0v) is 16.5. The Morgan fingerprint density at radius 3 is 2.46 bits per heavy atom. The van der Waals surface area contributed by atoms with Gasteiger partial charge in [-0.15, -0.1) is 0 Å². The van der Waals surface area contributed by atoms with E-state index in [9.17, 15) is 14.7 Å². The molecule has 4 nitrogen and oxygen atoms in total. The van der Waals surface area contributed by atoms with Crippen molar-refractivity contribution in [3.63, 3.8) is 0 Å². The first-order valence-corrected chi connectivity index (χ1v) is 10.8. The number of allylic oxidation sites excluding steroid dienone is 2. The van der Waals surface area contributed by atoms with Gasteiger partial charge in [0.1, 0.15) is 0 Å². The number of carboxylic acid groups (broad SMARTS) is 1. The third-order valence-corrected chi connectivity index (χ3v) is 8.00. The number of fused-ring (bicyclic) bond motifs is 3. The van der Waals surface area contributed by atoms with E-state index in [2.05, 4.69) is 42.2 Å². The van der Waals surface area contributed by atoms with Gasteiger partial charge in [0.2, 0.25) is 5.91 Å². The van der Waals surface area contributed by atoms with Crippen molar-refractivity contribution in [3.05, 3.63) is 47.5 Å². The minimum absolute atomic E-state index is 0.0224. The molecule has 5 atom stereocenters. The summed E-state index contributed by atoms with van der Waals surface area (Å²) in [6.07, 6.45) is 10.3. The van der Waals surface area contributed by atoms with Crippen LogP contribution < -0.4 is 0 Å².